The van der Waals surface area contributed by atoms with Crippen LogP contribution in [-0.2, 0) is 19.0 Å². The van der Waals surface area contributed by atoms with Gasteiger partial charge in [-0.3, -0.25) is 20.2 Å². The van der Waals surface area contributed by atoms with Crippen LogP contribution in [0.4, 0.5) is 37.7 Å². The van der Waals surface area contributed by atoms with Crippen LogP contribution in [0.1, 0.15) is 27.0 Å². The summed E-state index contributed by atoms with van der Waals surface area (Å²) in [5.41, 5.74) is -5.57. The number of carbonyl (C=O) groups is 1. The molecule has 0 spiro atoms. The quantitative estimate of drug-likeness (QED) is 0.394. The number of aromatic carboxylic acids is 1. The average Bonchev–Trinajstić information content (AvgIpc) is 2.65. The summed E-state index contributed by atoms with van der Waals surface area (Å²) in [5.74, 6) is -1.79. The summed E-state index contributed by atoms with van der Waals surface area (Å²) in [4.78, 5) is 29.0. The van der Waals surface area contributed by atoms with Crippen LogP contribution in [-0.4, -0.2) is 26.0 Å². The Hall–Kier alpha value is -3.75. The Morgan fingerprint density at radius 1 is 0.839 bits per heavy atom. The minimum absolute atomic E-state index is 0.198. The fourth-order valence-electron chi connectivity index (χ4n) is 2.15. The summed E-state index contributed by atoms with van der Waals surface area (Å²) in [5, 5.41) is 37.6. The summed E-state index contributed by atoms with van der Waals surface area (Å²) in [7, 11) is 0. The molecule has 0 radical (unpaired) electrons. The van der Waals surface area contributed by atoms with Gasteiger partial charge in [-0.15, -0.1) is 0 Å². The lowest BCUT2D eigenvalue weighted by molar-refractivity contribution is -0.385. The van der Waals surface area contributed by atoms with Crippen molar-refractivity contribution in [3.8, 4) is 0 Å². The highest BCUT2D eigenvalue weighted by Gasteiger charge is 2.37. The van der Waals surface area contributed by atoms with Gasteiger partial charge in [-0.05, 0) is 17.7 Å². The molecular formula is C16H10F6N2O7. The number of hydrogen-bond acceptors (Lipinski definition) is 6. The zero-order valence-electron chi connectivity index (χ0n) is 14.8. The minimum atomic E-state index is -4.94. The lowest BCUT2D eigenvalue weighted by atomic mass is 10.1. The standard InChI is InChI=1S/C8H4F3NO4.C8H6F3NO3/c9-8(10,11)6-3-4(12(15)16)1-2-5(6)7(13)14;9-8(10,11)7-3-6(12(14)15)2-1-5(7)4-13/h1-3H,(H,13,14);1-3,13H,4H2. The van der Waals surface area contributed by atoms with Gasteiger partial charge in [0.05, 0.1) is 33.1 Å². The summed E-state index contributed by atoms with van der Waals surface area (Å²) in [6.45, 7) is -0.813. The number of nitrogens with zero attached hydrogens (tertiary/aromatic N) is 2. The molecule has 31 heavy (non-hydrogen) atoms. The van der Waals surface area contributed by atoms with E-state index in [4.69, 9.17) is 10.2 Å². The topological polar surface area (TPSA) is 144 Å². The molecule has 9 nitrogen and oxygen atoms in total. The molecule has 15 heteroatoms. The number of aliphatic hydroxyl groups excluding tert-OH is 1. The number of halogens is 6. The molecule has 168 valence electrons. The van der Waals surface area contributed by atoms with Gasteiger partial charge in [0.2, 0.25) is 0 Å². The Morgan fingerprint density at radius 3 is 1.61 bits per heavy atom. The van der Waals surface area contributed by atoms with Gasteiger partial charge in [0.25, 0.3) is 11.4 Å². The van der Waals surface area contributed by atoms with E-state index in [-0.39, 0.29) is 11.6 Å². The lowest BCUT2D eigenvalue weighted by Crippen LogP contribution is -2.13. The first-order chi connectivity index (χ1) is 14.1. The number of carboxylic acids is 1. The summed E-state index contributed by atoms with van der Waals surface area (Å²) in [6.07, 6.45) is -9.65. The van der Waals surface area contributed by atoms with E-state index in [1.165, 1.54) is 0 Å². The second-order valence-electron chi connectivity index (χ2n) is 5.54. The van der Waals surface area contributed by atoms with Crippen LogP contribution in [0.3, 0.4) is 0 Å². The van der Waals surface area contributed by atoms with E-state index in [0.29, 0.717) is 18.2 Å². The maximum absolute atomic E-state index is 12.4. The highest BCUT2D eigenvalue weighted by molar-refractivity contribution is 5.90. The van der Waals surface area contributed by atoms with Gasteiger partial charge in [0.1, 0.15) is 0 Å². The molecule has 2 aromatic carbocycles. The Labute approximate surface area is 167 Å². The van der Waals surface area contributed by atoms with Gasteiger partial charge in [-0.1, -0.05) is 0 Å². The smallest absolute Gasteiger partial charge is 0.417 e. The Bertz CT molecular complexity index is 1000. The van der Waals surface area contributed by atoms with Crippen molar-refractivity contribution >= 4 is 17.3 Å². The fraction of sp³-hybridized carbons (Fsp3) is 0.188. The first-order valence-electron chi connectivity index (χ1n) is 7.63. The van der Waals surface area contributed by atoms with E-state index in [1.54, 1.807) is 0 Å². The van der Waals surface area contributed by atoms with Gasteiger partial charge in [-0.2, -0.15) is 26.3 Å². The van der Waals surface area contributed by atoms with Crippen LogP contribution in [0.2, 0.25) is 0 Å². The normalized spacial score (nSPS) is 11.3. The molecule has 0 amide bonds. The third-order valence-electron chi connectivity index (χ3n) is 3.53. The maximum Gasteiger partial charge on any atom is 0.417 e. The SMILES string of the molecule is O=C(O)c1ccc([N+](=O)[O-])cc1C(F)(F)F.O=[N+]([O-])c1ccc(CO)c(C(F)(F)F)c1. The van der Waals surface area contributed by atoms with Crippen molar-refractivity contribution in [1.29, 1.82) is 0 Å². The average molecular weight is 456 g/mol. The highest BCUT2D eigenvalue weighted by Crippen LogP contribution is 2.35. The van der Waals surface area contributed by atoms with Gasteiger partial charge in [-0.25, -0.2) is 4.79 Å². The largest absolute Gasteiger partial charge is 0.478 e. The summed E-state index contributed by atoms with van der Waals surface area (Å²) >= 11 is 0. The second-order valence-corrected chi connectivity index (χ2v) is 5.54. The third-order valence-corrected chi connectivity index (χ3v) is 3.53. The van der Waals surface area contributed by atoms with E-state index in [0.717, 1.165) is 12.1 Å². The van der Waals surface area contributed by atoms with Crippen molar-refractivity contribution in [1.82, 2.24) is 0 Å². The Morgan fingerprint density at radius 2 is 1.26 bits per heavy atom. The Kier molecular flexibility index (Phi) is 7.65. The van der Waals surface area contributed by atoms with Gasteiger partial charge >= 0.3 is 18.3 Å². The van der Waals surface area contributed by atoms with Gasteiger partial charge < -0.3 is 10.2 Å². The van der Waals surface area contributed by atoms with Crippen molar-refractivity contribution in [3.63, 3.8) is 0 Å². The van der Waals surface area contributed by atoms with Crippen LogP contribution in [0, 0.1) is 20.2 Å². The highest BCUT2D eigenvalue weighted by atomic mass is 19.4. The Balaban J connectivity index is 0.000000311. The number of carboxylic acid groups (broad SMARTS) is 1. The van der Waals surface area contributed by atoms with Crippen LogP contribution in [0.25, 0.3) is 0 Å². The van der Waals surface area contributed by atoms with Gasteiger partial charge in [0.15, 0.2) is 0 Å². The van der Waals surface area contributed by atoms with Crippen molar-refractivity contribution < 1.29 is 51.2 Å². The molecule has 2 aromatic rings. The zero-order chi connectivity index (χ0) is 24.1. The molecule has 0 saturated heterocycles. The molecule has 0 aliphatic heterocycles. The number of aliphatic hydroxyl groups is 1. The number of alkyl halides is 6. The minimum Gasteiger partial charge on any atom is -0.478 e. The zero-order valence-corrected chi connectivity index (χ0v) is 14.8. The van der Waals surface area contributed by atoms with Crippen LogP contribution in [0.5, 0.6) is 0 Å². The number of nitro groups is 2. The summed E-state index contributed by atoms with van der Waals surface area (Å²) < 4.78 is 74.1. The lowest BCUT2D eigenvalue weighted by Gasteiger charge is -2.10. The molecular weight excluding hydrogens is 446 g/mol. The predicted octanol–water partition coefficient (Wildman–Crippen LogP) is 4.42. The van der Waals surface area contributed by atoms with Crippen molar-refractivity contribution in [3.05, 3.63) is 78.9 Å². The van der Waals surface area contributed by atoms with Crippen LogP contribution in [0.15, 0.2) is 36.4 Å². The number of rotatable bonds is 4. The van der Waals surface area contributed by atoms with Crippen LogP contribution >= 0.6 is 0 Å². The fourth-order valence-corrected chi connectivity index (χ4v) is 2.15. The van der Waals surface area contributed by atoms with E-state index in [1.807, 2.05) is 0 Å². The second kappa shape index (κ2) is 9.38. The molecule has 0 aromatic heterocycles. The van der Waals surface area contributed by atoms with Crippen LogP contribution < -0.4 is 0 Å². The molecule has 0 bridgehead atoms. The molecule has 0 fully saturated rings. The molecule has 0 saturated carbocycles. The van der Waals surface area contributed by atoms with Crippen molar-refractivity contribution in [2.24, 2.45) is 0 Å². The van der Waals surface area contributed by atoms with Crippen molar-refractivity contribution in [2.75, 3.05) is 0 Å². The number of non-ortho nitro benzene ring substituents is 2. The van der Waals surface area contributed by atoms with Crippen molar-refractivity contribution in [2.45, 2.75) is 19.0 Å². The first kappa shape index (κ1) is 25.3. The molecule has 0 heterocycles. The number of nitro benzene ring substituents is 2. The predicted molar refractivity (Wildman–Crippen MR) is 89.1 cm³/mol. The van der Waals surface area contributed by atoms with E-state index in [2.05, 4.69) is 0 Å². The van der Waals surface area contributed by atoms with E-state index >= 15 is 0 Å². The molecule has 0 unspecified atom stereocenters. The molecule has 2 rings (SSSR count). The first-order valence-corrected chi connectivity index (χ1v) is 7.63. The molecule has 0 atom stereocenters. The molecule has 0 aliphatic rings. The number of benzene rings is 2. The summed E-state index contributed by atoms with van der Waals surface area (Å²) in [6, 6.07) is 3.68. The van der Waals surface area contributed by atoms with E-state index < -0.39 is 62.8 Å². The van der Waals surface area contributed by atoms with Gasteiger partial charge in [0, 0.05) is 24.3 Å². The third kappa shape index (κ3) is 6.63. The maximum atomic E-state index is 12.4. The monoisotopic (exact) mass is 456 g/mol. The molecule has 0 aliphatic carbocycles. The molecule has 2 N–H and O–H groups in total. The van der Waals surface area contributed by atoms with E-state index in [9.17, 15) is 51.4 Å². The number of hydrogen-bond donors (Lipinski definition) is 2.